The molecule has 0 aliphatic carbocycles. The minimum Gasteiger partial charge on any atom is -0.480 e. The second-order valence-electron chi connectivity index (χ2n) is 5.80. The zero-order valence-corrected chi connectivity index (χ0v) is 15.0. The number of carbonyl (C=O) groups excluding carboxylic acids is 1. The minimum atomic E-state index is -0.457. The lowest BCUT2D eigenvalue weighted by molar-refractivity contribution is -0.128. The molecule has 2 aromatic carbocycles. The van der Waals surface area contributed by atoms with Crippen LogP contribution in [0, 0.1) is 6.92 Å². The fourth-order valence-corrected chi connectivity index (χ4v) is 2.56. The van der Waals surface area contributed by atoms with Gasteiger partial charge < -0.3 is 10.1 Å². The first-order valence-corrected chi connectivity index (χ1v) is 8.72. The highest BCUT2D eigenvalue weighted by Gasteiger charge is 2.18. The van der Waals surface area contributed by atoms with Crippen LogP contribution in [-0.4, -0.2) is 18.6 Å². The van der Waals surface area contributed by atoms with Crippen LogP contribution in [0.2, 0.25) is 5.02 Å². The van der Waals surface area contributed by atoms with Crippen molar-refractivity contribution in [2.45, 2.75) is 39.2 Å². The van der Waals surface area contributed by atoms with Crippen LogP contribution in [0.3, 0.4) is 0 Å². The Morgan fingerprint density at radius 3 is 2.54 bits per heavy atom. The molecule has 0 spiro atoms. The Morgan fingerprint density at radius 1 is 1.17 bits per heavy atom. The molecular weight excluding hydrogens is 322 g/mol. The summed E-state index contributed by atoms with van der Waals surface area (Å²) in [5.41, 5.74) is 2.25. The van der Waals surface area contributed by atoms with Crippen LogP contribution in [0.4, 0.5) is 0 Å². The predicted octanol–water partition coefficient (Wildman–Crippen LogP) is 4.55. The van der Waals surface area contributed by atoms with Crippen LogP contribution in [0.5, 0.6) is 5.75 Å². The highest BCUT2D eigenvalue weighted by atomic mass is 35.5. The molecule has 0 saturated carbocycles. The number of nitrogens with one attached hydrogen (secondary N) is 1. The summed E-state index contributed by atoms with van der Waals surface area (Å²) in [6, 6.07) is 15.6. The maximum atomic E-state index is 12.3. The third kappa shape index (κ3) is 5.57. The number of hydrogen-bond acceptors (Lipinski definition) is 2. The molecule has 0 aliphatic rings. The average molecular weight is 346 g/mol. The van der Waals surface area contributed by atoms with Crippen molar-refractivity contribution in [3.8, 4) is 5.75 Å². The lowest BCUT2D eigenvalue weighted by atomic mass is 10.1. The molecule has 1 N–H and O–H groups in total. The molecule has 4 heteroatoms. The van der Waals surface area contributed by atoms with Crippen molar-refractivity contribution < 1.29 is 9.53 Å². The van der Waals surface area contributed by atoms with E-state index in [1.807, 2.05) is 62.4 Å². The van der Waals surface area contributed by atoms with E-state index in [9.17, 15) is 4.79 Å². The molecule has 24 heavy (non-hydrogen) atoms. The summed E-state index contributed by atoms with van der Waals surface area (Å²) >= 11 is 5.87. The summed E-state index contributed by atoms with van der Waals surface area (Å²) in [5.74, 6) is 0.706. The molecule has 0 aliphatic heterocycles. The SMILES string of the molecule is CC[C@H](Oc1ccccc1C)C(=O)NCCCc1ccc(Cl)cc1. The Kier molecular flexibility index (Phi) is 7.13. The van der Waals surface area contributed by atoms with Gasteiger partial charge in [0.05, 0.1) is 0 Å². The van der Waals surface area contributed by atoms with Crippen LogP contribution < -0.4 is 10.1 Å². The summed E-state index contributed by atoms with van der Waals surface area (Å²) < 4.78 is 5.86. The zero-order valence-electron chi connectivity index (χ0n) is 14.2. The lowest BCUT2D eigenvalue weighted by Gasteiger charge is -2.18. The number of rotatable bonds is 8. The van der Waals surface area contributed by atoms with Gasteiger partial charge in [0.15, 0.2) is 6.10 Å². The third-order valence-electron chi connectivity index (χ3n) is 3.88. The first-order valence-electron chi connectivity index (χ1n) is 8.34. The van der Waals surface area contributed by atoms with E-state index in [0.29, 0.717) is 13.0 Å². The van der Waals surface area contributed by atoms with Crippen LogP contribution in [0.15, 0.2) is 48.5 Å². The number of aryl methyl sites for hydroxylation is 2. The molecule has 0 unspecified atom stereocenters. The summed E-state index contributed by atoms with van der Waals surface area (Å²) in [7, 11) is 0. The molecular formula is C20H24ClNO2. The highest BCUT2D eigenvalue weighted by molar-refractivity contribution is 6.30. The lowest BCUT2D eigenvalue weighted by Crippen LogP contribution is -2.38. The maximum Gasteiger partial charge on any atom is 0.261 e. The van der Waals surface area contributed by atoms with E-state index in [2.05, 4.69) is 5.32 Å². The van der Waals surface area contributed by atoms with Crippen LogP contribution in [0.1, 0.15) is 30.9 Å². The summed E-state index contributed by atoms with van der Waals surface area (Å²) in [5, 5.41) is 3.71. The number of carbonyl (C=O) groups is 1. The van der Waals surface area contributed by atoms with E-state index < -0.39 is 6.10 Å². The molecule has 0 bridgehead atoms. The topological polar surface area (TPSA) is 38.3 Å². The van der Waals surface area contributed by atoms with Crippen LogP contribution >= 0.6 is 11.6 Å². The van der Waals surface area contributed by atoms with Crippen molar-refractivity contribution in [2.75, 3.05) is 6.54 Å². The largest absolute Gasteiger partial charge is 0.480 e. The Balaban J connectivity index is 1.77. The monoisotopic (exact) mass is 345 g/mol. The Labute approximate surface area is 149 Å². The van der Waals surface area contributed by atoms with Gasteiger partial charge in [-0.3, -0.25) is 4.79 Å². The van der Waals surface area contributed by atoms with Gasteiger partial charge >= 0.3 is 0 Å². The van der Waals surface area contributed by atoms with Gasteiger partial charge in [-0.1, -0.05) is 48.9 Å². The Hall–Kier alpha value is -2.00. The van der Waals surface area contributed by atoms with Crippen molar-refractivity contribution in [3.05, 3.63) is 64.7 Å². The number of halogens is 1. The van der Waals surface area contributed by atoms with E-state index in [4.69, 9.17) is 16.3 Å². The number of para-hydroxylation sites is 1. The van der Waals surface area contributed by atoms with Gasteiger partial charge in [-0.15, -0.1) is 0 Å². The first kappa shape index (κ1) is 18.3. The molecule has 2 rings (SSSR count). The summed E-state index contributed by atoms with van der Waals surface area (Å²) in [6.45, 7) is 4.57. The zero-order chi connectivity index (χ0) is 17.4. The van der Waals surface area contributed by atoms with E-state index in [1.165, 1.54) is 5.56 Å². The van der Waals surface area contributed by atoms with E-state index >= 15 is 0 Å². The van der Waals surface area contributed by atoms with Crippen molar-refractivity contribution >= 4 is 17.5 Å². The summed E-state index contributed by atoms with van der Waals surface area (Å²) in [6.07, 6.45) is 1.97. The molecule has 1 atom stereocenters. The molecule has 0 fully saturated rings. The summed E-state index contributed by atoms with van der Waals surface area (Å²) in [4.78, 5) is 12.3. The Morgan fingerprint density at radius 2 is 1.88 bits per heavy atom. The molecule has 0 saturated heterocycles. The molecule has 3 nitrogen and oxygen atoms in total. The van der Waals surface area contributed by atoms with Crippen molar-refractivity contribution in [2.24, 2.45) is 0 Å². The number of benzene rings is 2. The standard InChI is InChI=1S/C20H24ClNO2/c1-3-18(24-19-9-5-4-7-15(19)2)20(23)22-14-6-8-16-10-12-17(21)13-11-16/h4-5,7,9-13,18H,3,6,8,14H2,1-2H3,(H,22,23)/t18-/m0/s1. The molecule has 128 valence electrons. The Bertz CT molecular complexity index is 655. The maximum absolute atomic E-state index is 12.3. The van der Waals surface area contributed by atoms with E-state index in [1.54, 1.807) is 0 Å². The van der Waals surface area contributed by atoms with Crippen LogP contribution in [0.25, 0.3) is 0 Å². The van der Waals surface area contributed by atoms with E-state index in [-0.39, 0.29) is 5.91 Å². The second-order valence-corrected chi connectivity index (χ2v) is 6.24. The minimum absolute atomic E-state index is 0.0585. The van der Waals surface area contributed by atoms with Crippen molar-refractivity contribution in [3.63, 3.8) is 0 Å². The van der Waals surface area contributed by atoms with Gasteiger partial charge in [-0.05, 0) is 55.5 Å². The number of amides is 1. The number of hydrogen-bond donors (Lipinski definition) is 1. The second kappa shape index (κ2) is 9.33. The predicted molar refractivity (Wildman–Crippen MR) is 98.7 cm³/mol. The third-order valence-corrected chi connectivity index (χ3v) is 4.13. The number of ether oxygens (including phenoxy) is 1. The van der Waals surface area contributed by atoms with Crippen molar-refractivity contribution in [1.29, 1.82) is 0 Å². The van der Waals surface area contributed by atoms with Gasteiger partial charge in [0, 0.05) is 11.6 Å². The van der Waals surface area contributed by atoms with Crippen molar-refractivity contribution in [1.82, 2.24) is 5.32 Å². The van der Waals surface area contributed by atoms with Gasteiger partial charge in [0.25, 0.3) is 5.91 Å². The molecule has 2 aromatic rings. The van der Waals surface area contributed by atoms with Gasteiger partial charge in [-0.2, -0.15) is 0 Å². The normalized spacial score (nSPS) is 11.8. The molecule has 1 amide bonds. The van der Waals surface area contributed by atoms with E-state index in [0.717, 1.165) is 29.2 Å². The molecule has 0 aromatic heterocycles. The molecule has 0 heterocycles. The van der Waals surface area contributed by atoms with Gasteiger partial charge in [0.1, 0.15) is 5.75 Å². The van der Waals surface area contributed by atoms with Gasteiger partial charge in [0.2, 0.25) is 0 Å². The van der Waals surface area contributed by atoms with Crippen LogP contribution in [-0.2, 0) is 11.2 Å². The fourth-order valence-electron chi connectivity index (χ4n) is 2.43. The quantitative estimate of drug-likeness (QED) is 0.712. The first-order chi connectivity index (χ1) is 11.6. The van der Waals surface area contributed by atoms with Gasteiger partial charge in [-0.25, -0.2) is 0 Å². The highest BCUT2D eigenvalue weighted by Crippen LogP contribution is 2.18. The fraction of sp³-hybridized carbons (Fsp3) is 0.350. The molecule has 0 radical (unpaired) electrons. The smallest absolute Gasteiger partial charge is 0.261 e. The average Bonchev–Trinajstić information content (AvgIpc) is 2.59.